The van der Waals surface area contributed by atoms with Gasteiger partial charge in [-0.2, -0.15) is 5.10 Å². The molecule has 0 aliphatic carbocycles. The molecule has 8 heteroatoms. The van der Waals surface area contributed by atoms with Gasteiger partial charge in [0.15, 0.2) is 0 Å². The van der Waals surface area contributed by atoms with Gasteiger partial charge in [-0.25, -0.2) is 0 Å². The molecule has 1 amide bonds. The Labute approximate surface area is 212 Å². The molecule has 1 fully saturated rings. The van der Waals surface area contributed by atoms with E-state index in [2.05, 4.69) is 51.1 Å². The average molecular weight is 509 g/mol. The van der Waals surface area contributed by atoms with Crippen molar-refractivity contribution >= 4 is 46.3 Å². The smallest absolute Gasteiger partial charge is 0.270 e. The molecule has 0 bridgehead atoms. The van der Waals surface area contributed by atoms with Crippen LogP contribution in [0.3, 0.4) is 0 Å². The van der Waals surface area contributed by atoms with Crippen molar-refractivity contribution in [1.29, 1.82) is 0 Å². The highest BCUT2D eigenvalue weighted by atomic mass is 35.5. The normalized spacial score (nSPS) is 22.0. The van der Waals surface area contributed by atoms with E-state index in [1.54, 1.807) is 11.3 Å². The van der Waals surface area contributed by atoms with Crippen molar-refractivity contribution in [2.45, 2.75) is 16.8 Å². The van der Waals surface area contributed by atoms with Crippen molar-refractivity contribution in [2.24, 2.45) is 11.0 Å². The lowest BCUT2D eigenvalue weighted by Gasteiger charge is -2.35. The fourth-order valence-corrected chi connectivity index (χ4v) is 7.41. The molecule has 2 atom stereocenters. The van der Waals surface area contributed by atoms with Gasteiger partial charge < -0.3 is 10.3 Å². The molecule has 174 valence electrons. The number of thioether (sulfide) groups is 1. The Hall–Kier alpha value is -2.32. The lowest BCUT2D eigenvalue weighted by Crippen LogP contribution is -2.51. The maximum absolute atomic E-state index is 13.3. The molecule has 3 aliphatic heterocycles. The van der Waals surface area contributed by atoms with Crippen LogP contribution in [0.5, 0.6) is 0 Å². The molecule has 2 aromatic carbocycles. The zero-order valence-electron chi connectivity index (χ0n) is 18.6. The first-order valence-electron chi connectivity index (χ1n) is 11.6. The molecule has 34 heavy (non-hydrogen) atoms. The molecule has 6 rings (SSSR count). The molecular weight excluding hydrogens is 484 g/mol. The highest BCUT2D eigenvalue weighted by molar-refractivity contribution is 8.01. The minimum Gasteiger partial charge on any atom is -0.335 e. The van der Waals surface area contributed by atoms with Gasteiger partial charge in [-0.15, -0.1) is 23.1 Å². The van der Waals surface area contributed by atoms with E-state index in [0.717, 1.165) is 43.5 Å². The van der Waals surface area contributed by atoms with Crippen molar-refractivity contribution in [2.75, 3.05) is 31.9 Å². The molecule has 1 aromatic heterocycles. The Morgan fingerprint density at radius 1 is 1.00 bits per heavy atom. The largest absolute Gasteiger partial charge is 0.335 e. The third-order valence-corrected chi connectivity index (χ3v) is 9.52. The fourth-order valence-electron chi connectivity index (χ4n) is 4.93. The van der Waals surface area contributed by atoms with Gasteiger partial charge in [-0.3, -0.25) is 9.69 Å². The fraction of sp³-hybridized carbons (Fsp3) is 0.308. The van der Waals surface area contributed by atoms with Gasteiger partial charge in [0.2, 0.25) is 0 Å². The van der Waals surface area contributed by atoms with Crippen molar-refractivity contribution in [3.8, 4) is 11.1 Å². The molecule has 1 saturated heterocycles. The molecule has 5 nitrogen and oxygen atoms in total. The number of thiophene rings is 1. The number of nitrogens with zero attached hydrogens (tertiary/aromatic N) is 3. The third kappa shape index (κ3) is 4.26. The summed E-state index contributed by atoms with van der Waals surface area (Å²) < 4.78 is 1.35. The van der Waals surface area contributed by atoms with E-state index in [1.165, 1.54) is 26.5 Å². The molecule has 1 N–H and O–H groups in total. The summed E-state index contributed by atoms with van der Waals surface area (Å²) in [6.07, 6.45) is 0. The van der Waals surface area contributed by atoms with Crippen LogP contribution in [0.1, 0.15) is 17.2 Å². The van der Waals surface area contributed by atoms with Crippen LogP contribution in [0.25, 0.3) is 11.1 Å². The van der Waals surface area contributed by atoms with Gasteiger partial charge in [0, 0.05) is 55.0 Å². The molecular formula is C26H25ClN4OS2. The summed E-state index contributed by atoms with van der Waals surface area (Å²) >= 11 is 9.64. The Morgan fingerprint density at radius 3 is 2.44 bits per heavy atom. The molecule has 0 radical (unpaired) electrons. The van der Waals surface area contributed by atoms with Crippen LogP contribution in [0, 0.1) is 5.92 Å². The predicted molar refractivity (Wildman–Crippen MR) is 141 cm³/mol. The topological polar surface area (TPSA) is 47.9 Å². The monoisotopic (exact) mass is 508 g/mol. The van der Waals surface area contributed by atoms with Crippen LogP contribution >= 0.6 is 34.7 Å². The summed E-state index contributed by atoms with van der Waals surface area (Å²) in [4.78, 5) is 17.7. The number of halogens is 1. The Balaban J connectivity index is 1.04. The molecule has 2 unspecified atom stereocenters. The second-order valence-electron chi connectivity index (χ2n) is 8.96. The second kappa shape index (κ2) is 9.38. The van der Waals surface area contributed by atoms with E-state index in [0.29, 0.717) is 5.71 Å². The number of carbonyl (C=O) groups is 1. The number of hydrogen-bond donors (Lipinski definition) is 1. The van der Waals surface area contributed by atoms with Crippen LogP contribution in [-0.2, 0) is 11.3 Å². The van der Waals surface area contributed by atoms with Crippen LogP contribution in [0.4, 0.5) is 0 Å². The molecule has 0 saturated carbocycles. The van der Waals surface area contributed by atoms with Crippen molar-refractivity contribution in [1.82, 2.24) is 15.2 Å². The van der Waals surface area contributed by atoms with Crippen molar-refractivity contribution in [3.05, 3.63) is 76.1 Å². The Kier molecular flexibility index (Phi) is 6.11. The minimum absolute atomic E-state index is 0.103. The standard InChI is InChI=1S/C26H25ClN4OS2/c27-20-7-5-19(6-8-20)18-3-1-17(2-4-18)15-30-10-12-31(13-11-30)25(32)24-22-16-34-26-21(9-14-33-26)23(22)28-29-24/h1-9,14,22-23,28H,10-13,15-16H2. The van der Waals surface area contributed by atoms with Gasteiger partial charge in [-0.05, 0) is 40.3 Å². The number of carbonyl (C=O) groups excluding carboxylic acids is 1. The number of fused-ring (bicyclic) bond motifs is 3. The first kappa shape index (κ1) is 22.2. The van der Waals surface area contributed by atoms with Gasteiger partial charge in [0.1, 0.15) is 5.71 Å². The zero-order chi connectivity index (χ0) is 23.1. The van der Waals surface area contributed by atoms with Crippen LogP contribution in [-0.4, -0.2) is 53.4 Å². The minimum atomic E-state index is 0.103. The molecule has 3 aromatic rings. The van der Waals surface area contributed by atoms with Crippen LogP contribution in [0.2, 0.25) is 5.02 Å². The number of piperazine rings is 1. The number of amides is 1. The Morgan fingerprint density at radius 2 is 1.71 bits per heavy atom. The molecule has 3 aliphatic rings. The van der Waals surface area contributed by atoms with Gasteiger partial charge >= 0.3 is 0 Å². The zero-order valence-corrected chi connectivity index (χ0v) is 21.0. The van der Waals surface area contributed by atoms with Crippen LogP contribution < -0.4 is 5.43 Å². The molecule has 4 heterocycles. The number of hydrogen-bond acceptors (Lipinski definition) is 6. The van der Waals surface area contributed by atoms with E-state index in [9.17, 15) is 4.79 Å². The van der Waals surface area contributed by atoms with E-state index in [-0.39, 0.29) is 17.9 Å². The van der Waals surface area contributed by atoms with Gasteiger partial charge in [0.25, 0.3) is 5.91 Å². The van der Waals surface area contributed by atoms with Gasteiger partial charge in [0.05, 0.1) is 10.3 Å². The summed E-state index contributed by atoms with van der Waals surface area (Å²) in [6.45, 7) is 4.14. The van der Waals surface area contributed by atoms with E-state index in [1.807, 2.05) is 40.9 Å². The maximum atomic E-state index is 13.3. The third-order valence-electron chi connectivity index (χ3n) is 6.88. The summed E-state index contributed by atoms with van der Waals surface area (Å²) in [6, 6.07) is 19.0. The van der Waals surface area contributed by atoms with Crippen molar-refractivity contribution < 1.29 is 4.79 Å². The average Bonchev–Trinajstić information content (AvgIpc) is 3.52. The van der Waals surface area contributed by atoms with Crippen molar-refractivity contribution in [3.63, 3.8) is 0 Å². The number of benzene rings is 2. The highest BCUT2D eigenvalue weighted by Crippen LogP contribution is 2.45. The quantitative estimate of drug-likeness (QED) is 0.530. The summed E-state index contributed by atoms with van der Waals surface area (Å²) in [7, 11) is 0. The molecule has 0 spiro atoms. The number of rotatable bonds is 4. The highest BCUT2D eigenvalue weighted by Gasteiger charge is 2.42. The van der Waals surface area contributed by atoms with E-state index < -0.39 is 0 Å². The lowest BCUT2D eigenvalue weighted by molar-refractivity contribution is -0.126. The number of nitrogens with one attached hydrogen (secondary N) is 1. The maximum Gasteiger partial charge on any atom is 0.270 e. The van der Waals surface area contributed by atoms with E-state index in [4.69, 9.17) is 11.6 Å². The Bertz CT molecular complexity index is 1220. The predicted octanol–water partition coefficient (Wildman–Crippen LogP) is 5.14. The SMILES string of the molecule is O=C(C1=NNC2c3ccsc3SCC12)N1CCN(Cc2ccc(-c3ccc(Cl)cc3)cc2)CC1. The summed E-state index contributed by atoms with van der Waals surface area (Å²) in [5, 5.41) is 7.39. The first-order valence-corrected chi connectivity index (χ1v) is 13.8. The number of hydrazone groups is 1. The lowest BCUT2D eigenvalue weighted by atomic mass is 9.92. The summed E-state index contributed by atoms with van der Waals surface area (Å²) in [5.74, 6) is 1.19. The van der Waals surface area contributed by atoms with E-state index >= 15 is 0 Å². The van der Waals surface area contributed by atoms with Gasteiger partial charge in [-0.1, -0.05) is 48.0 Å². The second-order valence-corrected chi connectivity index (χ2v) is 11.6. The summed E-state index contributed by atoms with van der Waals surface area (Å²) in [5.41, 5.74) is 8.90. The van der Waals surface area contributed by atoms with Crippen LogP contribution in [0.15, 0.2) is 69.3 Å². The first-order chi connectivity index (χ1) is 16.7.